The SMILES string of the molecule is c1ccc(-n2c3ccccc3c3cccc(N(c4ccccc4-c4cccc5c4oc4ccccc45)c4ccccc4-c4cccc5cccc(C6CCCCC6)c45)c32)cc1. The number of benzene rings is 9. The highest BCUT2D eigenvalue weighted by Crippen LogP contribution is 2.51. The van der Waals surface area contributed by atoms with Gasteiger partial charge in [-0.15, -0.1) is 0 Å². The first-order chi connectivity index (χ1) is 30.3. The predicted octanol–water partition coefficient (Wildman–Crippen LogP) is 16.7. The van der Waals surface area contributed by atoms with E-state index in [4.69, 9.17) is 4.42 Å². The molecule has 0 unspecified atom stereocenters. The first-order valence-corrected chi connectivity index (χ1v) is 21.8. The van der Waals surface area contributed by atoms with Crippen LogP contribution < -0.4 is 4.90 Å². The number of nitrogens with zero attached hydrogens (tertiary/aromatic N) is 2. The van der Waals surface area contributed by atoms with Crippen LogP contribution in [0.25, 0.3) is 82.5 Å². The summed E-state index contributed by atoms with van der Waals surface area (Å²) in [7, 11) is 0. The normalized spacial score (nSPS) is 13.5. The Morgan fingerprint density at radius 1 is 0.426 bits per heavy atom. The lowest BCUT2D eigenvalue weighted by atomic mass is 9.80. The summed E-state index contributed by atoms with van der Waals surface area (Å²) >= 11 is 0. The molecule has 1 aliphatic rings. The van der Waals surface area contributed by atoms with E-state index in [-0.39, 0.29) is 0 Å². The molecule has 0 radical (unpaired) electrons. The average molecular weight is 785 g/mol. The predicted molar refractivity (Wildman–Crippen MR) is 257 cm³/mol. The Labute approximate surface area is 355 Å². The quantitative estimate of drug-likeness (QED) is 0.161. The molecular formula is C58H44N2O. The van der Waals surface area contributed by atoms with Crippen molar-refractivity contribution in [2.24, 2.45) is 0 Å². The van der Waals surface area contributed by atoms with Gasteiger partial charge in [-0.2, -0.15) is 0 Å². The van der Waals surface area contributed by atoms with Gasteiger partial charge in [-0.25, -0.2) is 0 Å². The van der Waals surface area contributed by atoms with Gasteiger partial charge in [0.05, 0.1) is 28.1 Å². The molecule has 0 saturated heterocycles. The lowest BCUT2D eigenvalue weighted by molar-refractivity contribution is 0.445. The molecule has 0 amide bonds. The van der Waals surface area contributed by atoms with Crippen LogP contribution in [0.5, 0.6) is 0 Å². The Hall–Kier alpha value is -7.36. The van der Waals surface area contributed by atoms with Crippen LogP contribution in [-0.2, 0) is 0 Å². The van der Waals surface area contributed by atoms with Crippen LogP contribution in [0.1, 0.15) is 43.6 Å². The van der Waals surface area contributed by atoms with E-state index in [1.165, 1.54) is 75.9 Å². The fraction of sp³-hybridized carbons (Fsp3) is 0.103. The van der Waals surface area contributed by atoms with E-state index < -0.39 is 0 Å². The van der Waals surface area contributed by atoms with Gasteiger partial charge in [0.15, 0.2) is 0 Å². The smallest absolute Gasteiger partial charge is 0.143 e. The molecule has 9 aromatic carbocycles. The zero-order chi connectivity index (χ0) is 40.3. The molecule has 2 aromatic heterocycles. The molecule has 1 saturated carbocycles. The number of fused-ring (bicyclic) bond motifs is 7. The minimum absolute atomic E-state index is 0.558. The van der Waals surface area contributed by atoms with Crippen molar-refractivity contribution in [3.05, 3.63) is 206 Å². The van der Waals surface area contributed by atoms with Gasteiger partial charge in [-0.1, -0.05) is 177 Å². The maximum Gasteiger partial charge on any atom is 0.143 e. The number of hydrogen-bond acceptors (Lipinski definition) is 2. The van der Waals surface area contributed by atoms with Crippen molar-refractivity contribution < 1.29 is 4.42 Å². The average Bonchev–Trinajstić information content (AvgIpc) is 3.89. The van der Waals surface area contributed by atoms with Crippen molar-refractivity contribution >= 4 is 71.6 Å². The molecule has 61 heavy (non-hydrogen) atoms. The van der Waals surface area contributed by atoms with Gasteiger partial charge in [0.25, 0.3) is 0 Å². The summed E-state index contributed by atoms with van der Waals surface area (Å²) in [6.07, 6.45) is 6.41. The van der Waals surface area contributed by atoms with Crippen LogP contribution in [0.4, 0.5) is 17.1 Å². The van der Waals surface area contributed by atoms with Gasteiger partial charge in [0.2, 0.25) is 0 Å². The first kappa shape index (κ1) is 35.6. The Morgan fingerprint density at radius 3 is 1.82 bits per heavy atom. The van der Waals surface area contributed by atoms with E-state index in [0.29, 0.717) is 5.92 Å². The first-order valence-electron chi connectivity index (χ1n) is 21.8. The Morgan fingerprint density at radius 2 is 1.00 bits per heavy atom. The van der Waals surface area contributed by atoms with Gasteiger partial charge in [0.1, 0.15) is 11.2 Å². The molecule has 12 rings (SSSR count). The zero-order valence-corrected chi connectivity index (χ0v) is 34.0. The third kappa shape index (κ3) is 5.79. The van der Waals surface area contributed by atoms with Crippen molar-refractivity contribution in [2.75, 3.05) is 4.90 Å². The van der Waals surface area contributed by atoms with Gasteiger partial charge >= 0.3 is 0 Å². The highest BCUT2D eigenvalue weighted by atomic mass is 16.3. The van der Waals surface area contributed by atoms with Crippen LogP contribution in [0.15, 0.2) is 205 Å². The van der Waals surface area contributed by atoms with Gasteiger partial charge in [-0.3, -0.25) is 0 Å². The van der Waals surface area contributed by atoms with Crippen molar-refractivity contribution in [1.82, 2.24) is 4.57 Å². The van der Waals surface area contributed by atoms with E-state index in [0.717, 1.165) is 61.3 Å². The van der Waals surface area contributed by atoms with Crippen LogP contribution in [0, 0.1) is 0 Å². The molecular weight excluding hydrogens is 741 g/mol. The highest BCUT2D eigenvalue weighted by molar-refractivity contribution is 6.16. The summed E-state index contributed by atoms with van der Waals surface area (Å²) in [4.78, 5) is 2.54. The second kappa shape index (κ2) is 14.7. The molecule has 3 heteroatoms. The Bertz CT molecular complexity index is 3420. The van der Waals surface area contributed by atoms with Gasteiger partial charge in [-0.05, 0) is 83.1 Å². The van der Waals surface area contributed by atoms with Crippen molar-refractivity contribution in [3.63, 3.8) is 0 Å². The summed E-state index contributed by atoms with van der Waals surface area (Å²) < 4.78 is 9.22. The largest absolute Gasteiger partial charge is 0.455 e. The molecule has 0 bridgehead atoms. The fourth-order valence-corrected chi connectivity index (χ4v) is 10.5. The Balaban J connectivity index is 1.19. The van der Waals surface area contributed by atoms with Gasteiger partial charge < -0.3 is 13.9 Å². The summed E-state index contributed by atoms with van der Waals surface area (Å²) in [5.41, 5.74) is 14.7. The molecule has 0 spiro atoms. The second-order valence-corrected chi connectivity index (χ2v) is 16.6. The molecule has 0 atom stereocenters. The topological polar surface area (TPSA) is 21.3 Å². The van der Waals surface area contributed by atoms with Crippen molar-refractivity contribution in [1.29, 1.82) is 0 Å². The van der Waals surface area contributed by atoms with Crippen LogP contribution in [0.3, 0.4) is 0 Å². The third-order valence-electron chi connectivity index (χ3n) is 13.2. The minimum Gasteiger partial charge on any atom is -0.455 e. The van der Waals surface area contributed by atoms with E-state index in [1.807, 2.05) is 0 Å². The molecule has 1 fully saturated rings. The maximum absolute atomic E-state index is 6.76. The summed E-state index contributed by atoms with van der Waals surface area (Å²) in [5, 5.41) is 7.35. The zero-order valence-electron chi connectivity index (χ0n) is 34.0. The number of hydrogen-bond donors (Lipinski definition) is 0. The molecule has 0 N–H and O–H groups in total. The lowest BCUT2D eigenvalue weighted by Crippen LogP contribution is -2.14. The van der Waals surface area contributed by atoms with Crippen LogP contribution in [0.2, 0.25) is 0 Å². The van der Waals surface area contributed by atoms with E-state index in [1.54, 1.807) is 0 Å². The summed E-state index contributed by atoms with van der Waals surface area (Å²) in [6.45, 7) is 0. The Kier molecular flexibility index (Phi) is 8.59. The second-order valence-electron chi connectivity index (χ2n) is 16.6. The minimum atomic E-state index is 0.558. The number of anilines is 3. The van der Waals surface area contributed by atoms with E-state index in [2.05, 4.69) is 210 Å². The maximum atomic E-state index is 6.76. The molecule has 2 heterocycles. The number of furan rings is 1. The molecule has 1 aliphatic carbocycles. The molecule has 3 nitrogen and oxygen atoms in total. The summed E-state index contributed by atoms with van der Waals surface area (Å²) in [5.74, 6) is 0.558. The van der Waals surface area contributed by atoms with E-state index >= 15 is 0 Å². The van der Waals surface area contributed by atoms with Crippen LogP contribution >= 0.6 is 0 Å². The lowest BCUT2D eigenvalue weighted by Gasteiger charge is -2.31. The van der Waals surface area contributed by atoms with Crippen molar-refractivity contribution in [2.45, 2.75) is 38.0 Å². The highest BCUT2D eigenvalue weighted by Gasteiger charge is 2.27. The molecule has 11 aromatic rings. The third-order valence-corrected chi connectivity index (χ3v) is 13.2. The molecule has 0 aliphatic heterocycles. The van der Waals surface area contributed by atoms with E-state index in [9.17, 15) is 0 Å². The number of aromatic nitrogens is 1. The fourth-order valence-electron chi connectivity index (χ4n) is 10.5. The van der Waals surface area contributed by atoms with Crippen LogP contribution in [-0.4, -0.2) is 4.57 Å². The number of para-hydroxylation sites is 7. The summed E-state index contributed by atoms with van der Waals surface area (Å²) in [6, 6.07) is 73.3. The monoisotopic (exact) mass is 784 g/mol. The molecule has 292 valence electrons. The standard InChI is InChI=1S/C58H44N2O/c1-3-19-39(20-4-1)42-29-15-21-40-22-16-30-47(56(40)42)43-25-7-12-35-52(43)60(53-36-13-9-27-45(53)49-32-17-33-50-46-28-10-14-38-55(46)61-58(49)50)54-37-18-31-48-44-26-8-11-34-51(44)59(57(48)54)41-23-5-2-6-24-41/h2,5-18,21-39H,1,3-4,19-20H2. The van der Waals surface area contributed by atoms with Crippen molar-refractivity contribution in [3.8, 4) is 27.9 Å². The number of rotatable bonds is 7. The van der Waals surface area contributed by atoms with Gasteiger partial charge in [0, 0.05) is 43.9 Å².